The molecule has 0 radical (unpaired) electrons. The number of amides is 1. The van der Waals surface area contributed by atoms with Crippen LogP contribution >= 0.6 is 0 Å². The lowest BCUT2D eigenvalue weighted by Crippen LogP contribution is -2.48. The number of carbonyl (C=O) groups is 1. The molecule has 1 aromatic carbocycles. The van der Waals surface area contributed by atoms with Gasteiger partial charge in [0.25, 0.3) is 0 Å². The Kier molecular flexibility index (Phi) is 3.79. The van der Waals surface area contributed by atoms with Crippen LogP contribution in [-0.2, 0) is 11.2 Å². The molecule has 0 saturated carbocycles. The zero-order chi connectivity index (χ0) is 12.3. The molecule has 0 bridgehead atoms. The Morgan fingerprint density at radius 3 is 2.76 bits per heavy atom. The van der Waals surface area contributed by atoms with Gasteiger partial charge in [-0.15, -0.1) is 0 Å². The number of carbonyl (C=O) groups excluding carboxylic acids is 1. The Bertz CT molecular complexity index is 377. The number of nitrogens with zero attached hydrogens (tertiary/aromatic N) is 1. The number of piperidine rings is 1. The van der Waals surface area contributed by atoms with E-state index in [4.69, 9.17) is 5.73 Å². The fourth-order valence-corrected chi connectivity index (χ4v) is 2.27. The van der Waals surface area contributed by atoms with Crippen LogP contribution in [0.15, 0.2) is 30.3 Å². The Morgan fingerprint density at radius 1 is 1.41 bits per heavy atom. The predicted molar refractivity (Wildman–Crippen MR) is 68.5 cm³/mol. The molecule has 0 spiro atoms. The molecular weight excluding hydrogens is 212 g/mol. The zero-order valence-corrected chi connectivity index (χ0v) is 10.3. The number of rotatable bonds is 2. The molecule has 0 aromatic heterocycles. The fraction of sp³-hybridized carbons (Fsp3) is 0.500. The Balaban J connectivity index is 1.93. The third kappa shape index (κ3) is 3.07. The first-order valence-corrected chi connectivity index (χ1v) is 6.24. The first kappa shape index (κ1) is 12.1. The molecule has 3 heteroatoms. The summed E-state index contributed by atoms with van der Waals surface area (Å²) in [7, 11) is 0. The molecule has 1 aliphatic rings. The molecule has 1 aromatic rings. The maximum absolute atomic E-state index is 12.1. The quantitative estimate of drug-likeness (QED) is 0.838. The van der Waals surface area contributed by atoms with Crippen LogP contribution in [-0.4, -0.2) is 29.9 Å². The SMILES string of the molecule is CC1CN(C(=O)Cc2ccccc2)CCC1N. The average molecular weight is 232 g/mol. The molecule has 17 heavy (non-hydrogen) atoms. The van der Waals surface area contributed by atoms with E-state index >= 15 is 0 Å². The number of hydrogen-bond donors (Lipinski definition) is 1. The standard InChI is InChI=1S/C14H20N2O/c1-11-10-16(8-7-13(11)15)14(17)9-12-5-3-2-4-6-12/h2-6,11,13H,7-10,15H2,1H3. The highest BCUT2D eigenvalue weighted by Crippen LogP contribution is 2.16. The molecule has 1 heterocycles. The molecule has 3 nitrogen and oxygen atoms in total. The number of nitrogens with two attached hydrogens (primary N) is 1. The van der Waals surface area contributed by atoms with Crippen molar-refractivity contribution >= 4 is 5.91 Å². The highest BCUT2D eigenvalue weighted by molar-refractivity contribution is 5.78. The molecule has 0 aliphatic carbocycles. The van der Waals surface area contributed by atoms with Gasteiger partial charge in [0.05, 0.1) is 6.42 Å². The van der Waals surface area contributed by atoms with Gasteiger partial charge in [-0.3, -0.25) is 4.79 Å². The van der Waals surface area contributed by atoms with Crippen LogP contribution in [0.2, 0.25) is 0 Å². The van der Waals surface area contributed by atoms with E-state index < -0.39 is 0 Å². The van der Waals surface area contributed by atoms with E-state index in [0.29, 0.717) is 12.3 Å². The molecule has 1 fully saturated rings. The normalized spacial score (nSPS) is 24.7. The minimum Gasteiger partial charge on any atom is -0.342 e. The first-order valence-electron chi connectivity index (χ1n) is 6.24. The molecule has 2 N–H and O–H groups in total. The van der Waals surface area contributed by atoms with Crippen molar-refractivity contribution in [3.8, 4) is 0 Å². The number of likely N-dealkylation sites (tertiary alicyclic amines) is 1. The minimum absolute atomic E-state index is 0.218. The van der Waals surface area contributed by atoms with Crippen LogP contribution in [0.3, 0.4) is 0 Å². The second-order valence-electron chi connectivity index (χ2n) is 4.93. The van der Waals surface area contributed by atoms with E-state index in [1.54, 1.807) is 0 Å². The summed E-state index contributed by atoms with van der Waals surface area (Å²) in [5, 5.41) is 0. The molecule has 2 rings (SSSR count). The minimum atomic E-state index is 0.218. The number of hydrogen-bond acceptors (Lipinski definition) is 2. The van der Waals surface area contributed by atoms with Gasteiger partial charge in [-0.1, -0.05) is 37.3 Å². The topological polar surface area (TPSA) is 46.3 Å². The van der Waals surface area contributed by atoms with Crippen LogP contribution in [0.25, 0.3) is 0 Å². The van der Waals surface area contributed by atoms with Gasteiger partial charge in [0.1, 0.15) is 0 Å². The summed E-state index contributed by atoms with van der Waals surface area (Å²) >= 11 is 0. The van der Waals surface area contributed by atoms with Gasteiger partial charge < -0.3 is 10.6 Å². The lowest BCUT2D eigenvalue weighted by molar-refractivity contribution is -0.132. The van der Waals surface area contributed by atoms with Gasteiger partial charge in [0.2, 0.25) is 5.91 Å². The van der Waals surface area contributed by atoms with Gasteiger partial charge in [0.15, 0.2) is 0 Å². The third-order valence-electron chi connectivity index (χ3n) is 3.52. The van der Waals surface area contributed by atoms with Crippen molar-refractivity contribution in [1.82, 2.24) is 4.90 Å². The lowest BCUT2D eigenvalue weighted by atomic mass is 9.94. The van der Waals surface area contributed by atoms with Crippen molar-refractivity contribution in [2.75, 3.05) is 13.1 Å². The summed E-state index contributed by atoms with van der Waals surface area (Å²) in [5.74, 6) is 0.624. The summed E-state index contributed by atoms with van der Waals surface area (Å²) in [6.45, 7) is 3.72. The van der Waals surface area contributed by atoms with E-state index in [2.05, 4.69) is 6.92 Å². The van der Waals surface area contributed by atoms with Gasteiger partial charge in [-0.25, -0.2) is 0 Å². The van der Waals surface area contributed by atoms with Crippen LogP contribution in [0, 0.1) is 5.92 Å². The average Bonchev–Trinajstić information content (AvgIpc) is 2.34. The van der Waals surface area contributed by atoms with E-state index in [1.165, 1.54) is 0 Å². The summed E-state index contributed by atoms with van der Waals surface area (Å²) in [5.41, 5.74) is 7.04. The van der Waals surface area contributed by atoms with Gasteiger partial charge in [-0.2, -0.15) is 0 Å². The van der Waals surface area contributed by atoms with E-state index in [0.717, 1.165) is 25.1 Å². The molecule has 92 valence electrons. The Hall–Kier alpha value is -1.35. The maximum atomic E-state index is 12.1. The maximum Gasteiger partial charge on any atom is 0.227 e. The van der Waals surface area contributed by atoms with Crippen molar-refractivity contribution in [3.63, 3.8) is 0 Å². The fourth-order valence-electron chi connectivity index (χ4n) is 2.27. The van der Waals surface area contributed by atoms with E-state index in [9.17, 15) is 4.79 Å². The second-order valence-corrected chi connectivity index (χ2v) is 4.93. The summed E-state index contributed by atoms with van der Waals surface area (Å²) in [4.78, 5) is 14.1. The van der Waals surface area contributed by atoms with Crippen LogP contribution in [0.5, 0.6) is 0 Å². The predicted octanol–water partition coefficient (Wildman–Crippen LogP) is 1.42. The van der Waals surface area contributed by atoms with Crippen molar-refractivity contribution in [2.45, 2.75) is 25.8 Å². The molecule has 1 amide bonds. The summed E-state index contributed by atoms with van der Waals surface area (Å²) < 4.78 is 0. The van der Waals surface area contributed by atoms with E-state index in [1.807, 2.05) is 35.2 Å². The van der Waals surface area contributed by atoms with Crippen LogP contribution in [0.1, 0.15) is 18.9 Å². The molecule has 1 saturated heterocycles. The molecule has 2 unspecified atom stereocenters. The smallest absolute Gasteiger partial charge is 0.227 e. The zero-order valence-electron chi connectivity index (χ0n) is 10.3. The van der Waals surface area contributed by atoms with Gasteiger partial charge in [-0.05, 0) is 17.9 Å². The summed E-state index contributed by atoms with van der Waals surface area (Å²) in [6.07, 6.45) is 1.42. The van der Waals surface area contributed by atoms with Crippen molar-refractivity contribution < 1.29 is 4.79 Å². The molecular formula is C14H20N2O. The van der Waals surface area contributed by atoms with E-state index in [-0.39, 0.29) is 11.9 Å². The Labute approximate surface area is 103 Å². The Morgan fingerprint density at radius 2 is 2.12 bits per heavy atom. The van der Waals surface area contributed by atoms with Crippen molar-refractivity contribution in [1.29, 1.82) is 0 Å². The van der Waals surface area contributed by atoms with Gasteiger partial charge in [0, 0.05) is 19.1 Å². The van der Waals surface area contributed by atoms with Crippen LogP contribution in [0.4, 0.5) is 0 Å². The van der Waals surface area contributed by atoms with Crippen molar-refractivity contribution in [2.24, 2.45) is 11.7 Å². The van der Waals surface area contributed by atoms with Crippen LogP contribution < -0.4 is 5.73 Å². The highest BCUT2D eigenvalue weighted by Gasteiger charge is 2.25. The lowest BCUT2D eigenvalue weighted by Gasteiger charge is -2.35. The largest absolute Gasteiger partial charge is 0.342 e. The summed E-state index contributed by atoms with van der Waals surface area (Å²) in [6, 6.07) is 10.1. The van der Waals surface area contributed by atoms with Gasteiger partial charge >= 0.3 is 0 Å². The monoisotopic (exact) mass is 232 g/mol. The van der Waals surface area contributed by atoms with Crippen molar-refractivity contribution in [3.05, 3.63) is 35.9 Å². The third-order valence-corrected chi connectivity index (χ3v) is 3.52. The highest BCUT2D eigenvalue weighted by atomic mass is 16.2. The number of benzene rings is 1. The molecule has 2 atom stereocenters. The molecule has 1 aliphatic heterocycles. The second kappa shape index (κ2) is 5.32. The first-order chi connectivity index (χ1) is 8.16.